The summed E-state index contributed by atoms with van der Waals surface area (Å²) in [5, 5.41) is 13.1. The van der Waals surface area contributed by atoms with Crippen LogP contribution >= 0.6 is 11.8 Å². The molecule has 3 rings (SSSR count). The van der Waals surface area contributed by atoms with Crippen LogP contribution in [-0.2, 0) is 0 Å². The van der Waals surface area contributed by atoms with Crippen molar-refractivity contribution < 1.29 is 4.42 Å². The lowest BCUT2D eigenvalue weighted by atomic mass is 10.2. The van der Waals surface area contributed by atoms with Crippen LogP contribution in [0.5, 0.6) is 0 Å². The quantitative estimate of drug-likeness (QED) is 0.820. The molecule has 1 aliphatic rings. The minimum absolute atomic E-state index is 0.0515. The second-order valence-corrected chi connectivity index (χ2v) is 5.75. The Labute approximate surface area is 116 Å². The average molecular weight is 273 g/mol. The minimum atomic E-state index is -0.0515. The standard InChI is InChI=1S/C14H15N3OS/c15-9-11(16-10-5-6-10)7-8-19-14-17-12-3-1-2-4-13(12)18-14/h1-4,10-11,16H,5-8H2. The predicted molar refractivity (Wildman–Crippen MR) is 74.9 cm³/mol. The van der Waals surface area contributed by atoms with Crippen molar-refractivity contribution in [3.63, 3.8) is 0 Å². The SMILES string of the molecule is N#CC(CCSc1nc2ccccc2o1)NC1CC1. The monoisotopic (exact) mass is 273 g/mol. The van der Waals surface area contributed by atoms with Gasteiger partial charge in [0.05, 0.1) is 12.1 Å². The van der Waals surface area contributed by atoms with E-state index in [1.807, 2.05) is 24.3 Å². The Hall–Kier alpha value is -1.51. The number of thioether (sulfide) groups is 1. The van der Waals surface area contributed by atoms with Gasteiger partial charge in [0.15, 0.2) is 5.58 Å². The number of nitriles is 1. The fourth-order valence-corrected chi connectivity index (χ4v) is 2.74. The van der Waals surface area contributed by atoms with Crippen LogP contribution in [0.25, 0.3) is 11.1 Å². The van der Waals surface area contributed by atoms with E-state index in [1.54, 1.807) is 11.8 Å². The molecule has 0 bridgehead atoms. The first-order valence-electron chi connectivity index (χ1n) is 6.49. The van der Waals surface area contributed by atoms with E-state index >= 15 is 0 Å². The van der Waals surface area contributed by atoms with Gasteiger partial charge in [-0.25, -0.2) is 4.98 Å². The summed E-state index contributed by atoms with van der Waals surface area (Å²) in [6.45, 7) is 0. The number of oxazole rings is 1. The average Bonchev–Trinajstić information content (AvgIpc) is 3.14. The smallest absolute Gasteiger partial charge is 0.256 e. The zero-order valence-corrected chi connectivity index (χ0v) is 11.3. The molecule has 0 amide bonds. The molecule has 1 fully saturated rings. The Bertz CT molecular complexity index is 567. The second kappa shape index (κ2) is 5.64. The van der Waals surface area contributed by atoms with E-state index in [2.05, 4.69) is 16.4 Å². The fourth-order valence-electron chi connectivity index (χ4n) is 1.90. The predicted octanol–water partition coefficient (Wildman–Crippen LogP) is 2.95. The first-order chi connectivity index (χ1) is 9.35. The van der Waals surface area contributed by atoms with E-state index in [0.29, 0.717) is 11.3 Å². The van der Waals surface area contributed by atoms with Crippen molar-refractivity contribution >= 4 is 22.9 Å². The van der Waals surface area contributed by atoms with Crippen molar-refractivity contribution in [2.24, 2.45) is 0 Å². The molecule has 1 unspecified atom stereocenters. The van der Waals surface area contributed by atoms with Crippen LogP contribution in [0.2, 0.25) is 0 Å². The lowest BCUT2D eigenvalue weighted by Crippen LogP contribution is -2.29. The molecule has 1 atom stereocenters. The van der Waals surface area contributed by atoms with Gasteiger partial charge in [-0.15, -0.1) is 0 Å². The van der Waals surface area contributed by atoms with Crippen molar-refractivity contribution in [1.29, 1.82) is 5.26 Å². The summed E-state index contributed by atoms with van der Waals surface area (Å²) in [6, 6.07) is 10.6. The second-order valence-electron chi connectivity index (χ2n) is 4.71. The molecule has 2 aromatic rings. The molecular formula is C14H15N3OS. The maximum absolute atomic E-state index is 9.05. The summed E-state index contributed by atoms with van der Waals surface area (Å²) in [6.07, 6.45) is 3.23. The van der Waals surface area contributed by atoms with E-state index in [-0.39, 0.29) is 6.04 Å². The van der Waals surface area contributed by atoms with Crippen LogP contribution in [0.1, 0.15) is 19.3 Å². The zero-order chi connectivity index (χ0) is 13.1. The number of benzene rings is 1. The van der Waals surface area contributed by atoms with Gasteiger partial charge < -0.3 is 4.42 Å². The normalized spacial score (nSPS) is 16.4. The number of nitrogens with one attached hydrogen (secondary N) is 1. The van der Waals surface area contributed by atoms with Crippen LogP contribution in [0.4, 0.5) is 0 Å². The third-order valence-corrected chi connectivity index (χ3v) is 3.94. The number of rotatable bonds is 6. The highest BCUT2D eigenvalue weighted by Crippen LogP contribution is 2.24. The van der Waals surface area contributed by atoms with Gasteiger partial charge in [-0.2, -0.15) is 5.26 Å². The maximum atomic E-state index is 9.05. The topological polar surface area (TPSA) is 61.9 Å². The molecule has 0 aliphatic heterocycles. The van der Waals surface area contributed by atoms with Gasteiger partial charge in [0.2, 0.25) is 0 Å². The van der Waals surface area contributed by atoms with Gasteiger partial charge in [-0.3, -0.25) is 5.32 Å². The fraction of sp³-hybridized carbons (Fsp3) is 0.429. The van der Waals surface area contributed by atoms with E-state index in [0.717, 1.165) is 23.3 Å². The van der Waals surface area contributed by atoms with Crippen molar-refractivity contribution in [3.05, 3.63) is 24.3 Å². The number of hydrogen-bond acceptors (Lipinski definition) is 5. The van der Waals surface area contributed by atoms with Gasteiger partial charge in [-0.05, 0) is 31.4 Å². The largest absolute Gasteiger partial charge is 0.431 e. The van der Waals surface area contributed by atoms with E-state index in [1.165, 1.54) is 12.8 Å². The maximum Gasteiger partial charge on any atom is 0.256 e. The highest BCUT2D eigenvalue weighted by molar-refractivity contribution is 7.99. The van der Waals surface area contributed by atoms with Crippen molar-refractivity contribution in [2.75, 3.05) is 5.75 Å². The molecule has 1 aromatic carbocycles. The molecular weight excluding hydrogens is 258 g/mol. The van der Waals surface area contributed by atoms with Gasteiger partial charge in [0.25, 0.3) is 5.22 Å². The Morgan fingerprint density at radius 3 is 3.05 bits per heavy atom. The zero-order valence-electron chi connectivity index (χ0n) is 10.5. The molecule has 1 aliphatic carbocycles. The number of fused-ring (bicyclic) bond motifs is 1. The van der Waals surface area contributed by atoms with E-state index in [9.17, 15) is 0 Å². The lowest BCUT2D eigenvalue weighted by molar-refractivity contribution is 0.488. The Balaban J connectivity index is 1.52. The van der Waals surface area contributed by atoms with E-state index in [4.69, 9.17) is 9.68 Å². The molecule has 1 saturated carbocycles. The van der Waals surface area contributed by atoms with Gasteiger partial charge in [0.1, 0.15) is 5.52 Å². The Morgan fingerprint density at radius 2 is 2.32 bits per heavy atom. The van der Waals surface area contributed by atoms with Crippen LogP contribution < -0.4 is 5.32 Å². The van der Waals surface area contributed by atoms with Crippen LogP contribution in [-0.4, -0.2) is 22.8 Å². The van der Waals surface area contributed by atoms with Crippen molar-refractivity contribution in [3.8, 4) is 6.07 Å². The molecule has 98 valence electrons. The number of para-hydroxylation sites is 2. The molecule has 1 N–H and O–H groups in total. The van der Waals surface area contributed by atoms with Crippen LogP contribution in [0, 0.1) is 11.3 Å². The molecule has 0 radical (unpaired) electrons. The first-order valence-corrected chi connectivity index (χ1v) is 7.48. The lowest BCUT2D eigenvalue weighted by Gasteiger charge is -2.08. The third-order valence-electron chi connectivity index (χ3n) is 3.08. The summed E-state index contributed by atoms with van der Waals surface area (Å²) in [4.78, 5) is 4.40. The molecule has 0 saturated heterocycles. The summed E-state index contributed by atoms with van der Waals surface area (Å²) < 4.78 is 5.63. The highest BCUT2D eigenvalue weighted by atomic mass is 32.2. The number of aromatic nitrogens is 1. The van der Waals surface area contributed by atoms with Gasteiger partial charge in [-0.1, -0.05) is 23.9 Å². The van der Waals surface area contributed by atoms with E-state index < -0.39 is 0 Å². The highest BCUT2D eigenvalue weighted by Gasteiger charge is 2.24. The Morgan fingerprint density at radius 1 is 1.47 bits per heavy atom. The molecule has 0 spiro atoms. The van der Waals surface area contributed by atoms with Crippen molar-refractivity contribution in [1.82, 2.24) is 10.3 Å². The molecule has 1 aromatic heterocycles. The van der Waals surface area contributed by atoms with Crippen LogP contribution in [0.3, 0.4) is 0 Å². The summed E-state index contributed by atoms with van der Waals surface area (Å²) >= 11 is 1.57. The Kier molecular flexibility index (Phi) is 3.72. The molecule has 5 heteroatoms. The molecule has 4 nitrogen and oxygen atoms in total. The minimum Gasteiger partial charge on any atom is -0.431 e. The summed E-state index contributed by atoms with van der Waals surface area (Å²) in [7, 11) is 0. The van der Waals surface area contributed by atoms with Crippen molar-refractivity contribution in [2.45, 2.75) is 36.6 Å². The van der Waals surface area contributed by atoms with Crippen LogP contribution in [0.15, 0.2) is 33.9 Å². The third kappa shape index (κ3) is 3.28. The molecule has 19 heavy (non-hydrogen) atoms. The summed E-state index contributed by atoms with van der Waals surface area (Å²) in [5.41, 5.74) is 1.70. The number of hydrogen-bond donors (Lipinski definition) is 1. The molecule has 1 heterocycles. The number of nitrogens with zero attached hydrogens (tertiary/aromatic N) is 2. The van der Waals surface area contributed by atoms with Gasteiger partial charge in [0, 0.05) is 11.8 Å². The van der Waals surface area contributed by atoms with Gasteiger partial charge >= 0.3 is 0 Å². The summed E-state index contributed by atoms with van der Waals surface area (Å²) in [5.74, 6) is 0.838. The first kappa shape index (κ1) is 12.5.